The average Bonchev–Trinajstić information content (AvgIpc) is 2.38. The van der Waals surface area contributed by atoms with E-state index < -0.39 is 21.9 Å². The topological polar surface area (TPSA) is 63.6 Å². The van der Waals surface area contributed by atoms with Crippen LogP contribution in [0.25, 0.3) is 0 Å². The first-order chi connectivity index (χ1) is 9.68. The van der Waals surface area contributed by atoms with Crippen LogP contribution in [0.5, 0.6) is 11.5 Å². The van der Waals surface area contributed by atoms with Gasteiger partial charge in [-0.05, 0) is 48.5 Å². The first-order valence-corrected chi connectivity index (χ1v) is 7.07. The van der Waals surface area contributed by atoms with Crippen LogP contribution in [0.2, 0.25) is 0 Å². The predicted molar refractivity (Wildman–Crippen MR) is 66.7 cm³/mol. The maximum Gasteiger partial charge on any atom is 0.573 e. The first kappa shape index (κ1) is 15.2. The Kier molecular flexibility index (Phi) is 3.82. The zero-order valence-electron chi connectivity index (χ0n) is 10.3. The predicted octanol–water partition coefficient (Wildman–Crippen LogP) is 3.12. The molecule has 0 aromatic heterocycles. The van der Waals surface area contributed by atoms with Gasteiger partial charge in [-0.2, -0.15) is 0 Å². The fourth-order valence-electron chi connectivity index (χ4n) is 1.58. The number of hydrogen-bond donors (Lipinski definition) is 1. The Morgan fingerprint density at radius 2 is 1.29 bits per heavy atom. The van der Waals surface area contributed by atoms with Gasteiger partial charge in [-0.15, -0.1) is 13.2 Å². The Morgan fingerprint density at radius 3 is 1.71 bits per heavy atom. The minimum atomic E-state index is -4.84. The lowest BCUT2D eigenvalue weighted by molar-refractivity contribution is -0.274. The SMILES string of the molecule is O=S(=O)(c1ccc(O)cc1)c1ccc(OC(F)(F)F)cc1. The maximum absolute atomic E-state index is 12.2. The molecule has 0 aliphatic carbocycles. The number of ether oxygens (including phenoxy) is 1. The van der Waals surface area contributed by atoms with Crippen molar-refractivity contribution in [2.45, 2.75) is 16.2 Å². The Labute approximate surface area is 118 Å². The van der Waals surface area contributed by atoms with Crippen LogP contribution in [-0.2, 0) is 9.84 Å². The number of benzene rings is 2. The molecule has 0 aliphatic heterocycles. The second-order valence-corrected chi connectivity index (χ2v) is 5.97. The number of rotatable bonds is 3. The van der Waals surface area contributed by atoms with Crippen LogP contribution in [0.3, 0.4) is 0 Å². The van der Waals surface area contributed by atoms with E-state index in [9.17, 15) is 21.6 Å². The molecule has 2 aromatic rings. The van der Waals surface area contributed by atoms with Gasteiger partial charge in [-0.1, -0.05) is 0 Å². The first-order valence-electron chi connectivity index (χ1n) is 5.58. The van der Waals surface area contributed by atoms with E-state index >= 15 is 0 Å². The number of aromatic hydroxyl groups is 1. The summed E-state index contributed by atoms with van der Waals surface area (Å²) in [5.41, 5.74) is 0. The molecule has 0 atom stereocenters. The largest absolute Gasteiger partial charge is 0.573 e. The van der Waals surface area contributed by atoms with Gasteiger partial charge in [0.15, 0.2) is 0 Å². The van der Waals surface area contributed by atoms with Crippen molar-refractivity contribution in [3.8, 4) is 11.5 Å². The maximum atomic E-state index is 12.2. The summed E-state index contributed by atoms with van der Waals surface area (Å²) in [6, 6.07) is 8.67. The number of hydrogen-bond acceptors (Lipinski definition) is 4. The fraction of sp³-hybridized carbons (Fsp3) is 0.0769. The lowest BCUT2D eigenvalue weighted by Gasteiger charge is -2.09. The van der Waals surface area contributed by atoms with Crippen LogP contribution in [0.4, 0.5) is 13.2 Å². The molecule has 0 saturated carbocycles. The second-order valence-electron chi connectivity index (χ2n) is 4.02. The zero-order valence-corrected chi connectivity index (χ0v) is 11.1. The van der Waals surface area contributed by atoms with Crippen molar-refractivity contribution in [2.24, 2.45) is 0 Å². The van der Waals surface area contributed by atoms with E-state index in [1.165, 1.54) is 24.3 Å². The van der Waals surface area contributed by atoms with E-state index in [4.69, 9.17) is 5.11 Å². The quantitative estimate of drug-likeness (QED) is 0.944. The highest BCUT2D eigenvalue weighted by molar-refractivity contribution is 7.91. The van der Waals surface area contributed by atoms with Crippen molar-refractivity contribution in [1.82, 2.24) is 0 Å². The minimum absolute atomic E-state index is 0.0789. The molecule has 0 amide bonds. The molecule has 21 heavy (non-hydrogen) atoms. The molecule has 0 bridgehead atoms. The smallest absolute Gasteiger partial charge is 0.508 e. The van der Waals surface area contributed by atoms with E-state index in [1.54, 1.807) is 0 Å². The van der Waals surface area contributed by atoms with Crippen LogP contribution < -0.4 is 4.74 Å². The molecule has 0 spiro atoms. The molecule has 112 valence electrons. The van der Waals surface area contributed by atoms with E-state index in [0.717, 1.165) is 24.3 Å². The number of sulfone groups is 1. The normalized spacial score (nSPS) is 12.1. The van der Waals surface area contributed by atoms with Crippen molar-refractivity contribution < 1.29 is 31.4 Å². The number of phenolic OH excluding ortho intramolecular Hbond substituents is 1. The summed E-state index contributed by atoms with van der Waals surface area (Å²) in [7, 11) is -3.86. The van der Waals surface area contributed by atoms with Gasteiger partial charge in [0.05, 0.1) is 9.79 Å². The third-order valence-corrected chi connectivity index (χ3v) is 4.30. The zero-order chi connectivity index (χ0) is 15.7. The molecular weight excluding hydrogens is 309 g/mol. The van der Waals surface area contributed by atoms with Crippen LogP contribution in [-0.4, -0.2) is 19.9 Å². The Balaban J connectivity index is 2.31. The number of halogens is 3. The van der Waals surface area contributed by atoms with Gasteiger partial charge in [-0.3, -0.25) is 0 Å². The van der Waals surface area contributed by atoms with Gasteiger partial charge in [0, 0.05) is 0 Å². The highest BCUT2D eigenvalue weighted by Crippen LogP contribution is 2.27. The van der Waals surface area contributed by atoms with Gasteiger partial charge >= 0.3 is 6.36 Å². The summed E-state index contributed by atoms with van der Waals surface area (Å²) in [6.07, 6.45) is -4.84. The summed E-state index contributed by atoms with van der Waals surface area (Å²) in [5.74, 6) is -0.602. The van der Waals surface area contributed by atoms with E-state index in [1.807, 2.05) is 0 Å². The average molecular weight is 318 g/mol. The van der Waals surface area contributed by atoms with E-state index in [-0.39, 0.29) is 15.5 Å². The minimum Gasteiger partial charge on any atom is -0.508 e. The van der Waals surface area contributed by atoms with Gasteiger partial charge in [0.25, 0.3) is 0 Å². The molecule has 0 radical (unpaired) electrons. The van der Waals surface area contributed by atoms with Crippen molar-refractivity contribution in [3.05, 3.63) is 48.5 Å². The summed E-state index contributed by atoms with van der Waals surface area (Å²) >= 11 is 0. The number of alkyl halides is 3. The molecule has 0 aliphatic rings. The van der Waals surface area contributed by atoms with Gasteiger partial charge in [0.2, 0.25) is 9.84 Å². The molecule has 1 N–H and O–H groups in total. The van der Waals surface area contributed by atoms with E-state index in [0.29, 0.717) is 0 Å². The van der Waals surface area contributed by atoms with Crippen molar-refractivity contribution in [3.63, 3.8) is 0 Å². The van der Waals surface area contributed by atoms with E-state index in [2.05, 4.69) is 4.74 Å². The fourth-order valence-corrected chi connectivity index (χ4v) is 2.84. The third-order valence-electron chi connectivity index (χ3n) is 2.51. The summed E-state index contributed by atoms with van der Waals surface area (Å²) in [6.45, 7) is 0. The Bertz CT molecular complexity index is 720. The second kappa shape index (κ2) is 5.28. The highest BCUT2D eigenvalue weighted by Gasteiger charge is 2.31. The third kappa shape index (κ3) is 3.66. The van der Waals surface area contributed by atoms with Crippen LogP contribution >= 0.6 is 0 Å². The molecule has 0 saturated heterocycles. The number of phenols is 1. The molecule has 8 heteroatoms. The lowest BCUT2D eigenvalue weighted by Crippen LogP contribution is -2.17. The molecule has 0 unspecified atom stereocenters. The molecule has 2 rings (SSSR count). The van der Waals surface area contributed by atoms with Crippen LogP contribution in [0.1, 0.15) is 0 Å². The highest BCUT2D eigenvalue weighted by atomic mass is 32.2. The lowest BCUT2D eigenvalue weighted by atomic mass is 10.3. The summed E-state index contributed by atoms with van der Waals surface area (Å²) in [5, 5.41) is 9.12. The van der Waals surface area contributed by atoms with Crippen molar-refractivity contribution >= 4 is 9.84 Å². The standard InChI is InChI=1S/C13H9F3O4S/c14-13(15,16)20-10-3-7-12(8-4-10)21(18,19)11-5-1-9(17)2-6-11/h1-8,17H. The van der Waals surface area contributed by atoms with Gasteiger partial charge in [-0.25, -0.2) is 8.42 Å². The summed E-state index contributed by atoms with van der Waals surface area (Å²) in [4.78, 5) is -0.257. The van der Waals surface area contributed by atoms with Crippen LogP contribution in [0, 0.1) is 0 Å². The molecule has 2 aromatic carbocycles. The molecular formula is C13H9F3O4S. The monoisotopic (exact) mass is 318 g/mol. The molecule has 0 fully saturated rings. The molecule has 0 heterocycles. The van der Waals surface area contributed by atoms with Gasteiger partial charge < -0.3 is 9.84 Å². The van der Waals surface area contributed by atoms with Crippen molar-refractivity contribution in [2.75, 3.05) is 0 Å². The summed E-state index contributed by atoms with van der Waals surface area (Å²) < 4.78 is 64.1. The van der Waals surface area contributed by atoms with Crippen molar-refractivity contribution in [1.29, 1.82) is 0 Å². The van der Waals surface area contributed by atoms with Crippen LogP contribution in [0.15, 0.2) is 58.3 Å². The Morgan fingerprint density at radius 1 is 0.857 bits per heavy atom. The Hall–Kier alpha value is -2.22. The van der Waals surface area contributed by atoms with Gasteiger partial charge in [0.1, 0.15) is 11.5 Å². The molecule has 4 nitrogen and oxygen atoms in total.